The fourth-order valence-electron chi connectivity index (χ4n) is 1.20. The van der Waals surface area contributed by atoms with Crippen molar-refractivity contribution >= 4 is 34.3 Å². The molecule has 0 spiro atoms. The summed E-state index contributed by atoms with van der Waals surface area (Å²) in [5.41, 5.74) is 1.22. The van der Waals surface area contributed by atoms with Gasteiger partial charge in [-0.3, -0.25) is 5.41 Å². The van der Waals surface area contributed by atoms with E-state index in [4.69, 9.17) is 5.41 Å². The van der Waals surface area contributed by atoms with Gasteiger partial charge in [-0.15, -0.1) is 11.8 Å². The Bertz CT molecular complexity index is 349. The van der Waals surface area contributed by atoms with Crippen LogP contribution in [0.1, 0.15) is 6.92 Å². The molecular weight excluding hydrogens is 200 g/mol. The minimum absolute atomic E-state index is 0.635. The number of rotatable bonds is 1. The Morgan fingerprint density at radius 2 is 2.46 bits per heavy atom. The van der Waals surface area contributed by atoms with E-state index in [2.05, 4.69) is 23.5 Å². The number of thioether (sulfide) groups is 2. The second kappa shape index (κ2) is 3.64. The van der Waals surface area contributed by atoms with E-state index in [1.54, 1.807) is 0 Å². The molecule has 2 nitrogen and oxygen atoms in total. The molecule has 1 aromatic carbocycles. The van der Waals surface area contributed by atoms with Crippen molar-refractivity contribution < 1.29 is 0 Å². The van der Waals surface area contributed by atoms with E-state index in [0.29, 0.717) is 5.04 Å². The van der Waals surface area contributed by atoms with Crippen LogP contribution in [-0.4, -0.2) is 10.9 Å². The summed E-state index contributed by atoms with van der Waals surface area (Å²) in [6.07, 6.45) is 0. The van der Waals surface area contributed by atoms with Crippen molar-refractivity contribution in [2.45, 2.75) is 16.7 Å². The number of hydrogen-bond donors (Lipinski definition) is 2. The standard InChI is InChI=1S/C9H10N2S2/c1-6(10)13-7-2-3-8-9(4-7)12-5-11-8/h2-4,10-11H,5H2,1H3. The Hall–Kier alpha value is -0.610. The Morgan fingerprint density at radius 3 is 3.23 bits per heavy atom. The van der Waals surface area contributed by atoms with Gasteiger partial charge in [0.15, 0.2) is 0 Å². The molecule has 0 aliphatic carbocycles. The Morgan fingerprint density at radius 1 is 1.62 bits per heavy atom. The first-order chi connectivity index (χ1) is 6.25. The SMILES string of the molecule is CC(=N)Sc1ccc2c(c1)SCN2. The van der Waals surface area contributed by atoms with Crippen molar-refractivity contribution in [1.82, 2.24) is 0 Å². The van der Waals surface area contributed by atoms with Crippen molar-refractivity contribution in [3.8, 4) is 0 Å². The molecule has 0 bridgehead atoms. The van der Waals surface area contributed by atoms with Crippen LogP contribution < -0.4 is 5.32 Å². The predicted octanol–water partition coefficient (Wildman–Crippen LogP) is 3.25. The maximum atomic E-state index is 7.37. The third-order valence-corrected chi connectivity index (χ3v) is 3.45. The third-order valence-electron chi connectivity index (χ3n) is 1.71. The van der Waals surface area contributed by atoms with Gasteiger partial charge in [-0.2, -0.15) is 0 Å². The minimum atomic E-state index is 0.635. The number of nitrogens with one attached hydrogen (secondary N) is 2. The largest absolute Gasteiger partial charge is 0.375 e. The lowest BCUT2D eigenvalue weighted by molar-refractivity contribution is 1.34. The van der Waals surface area contributed by atoms with Crippen LogP contribution in [-0.2, 0) is 0 Å². The molecule has 2 rings (SSSR count). The maximum absolute atomic E-state index is 7.37. The zero-order valence-electron chi connectivity index (χ0n) is 7.26. The molecule has 1 aromatic rings. The van der Waals surface area contributed by atoms with Crippen molar-refractivity contribution in [2.75, 3.05) is 11.2 Å². The fourth-order valence-corrected chi connectivity index (χ4v) is 2.83. The van der Waals surface area contributed by atoms with E-state index in [-0.39, 0.29) is 0 Å². The van der Waals surface area contributed by atoms with Gasteiger partial charge < -0.3 is 5.32 Å². The molecule has 0 atom stereocenters. The molecule has 13 heavy (non-hydrogen) atoms. The third kappa shape index (κ3) is 2.00. The van der Waals surface area contributed by atoms with E-state index in [0.717, 1.165) is 10.8 Å². The minimum Gasteiger partial charge on any atom is -0.375 e. The lowest BCUT2D eigenvalue weighted by Gasteiger charge is -2.01. The summed E-state index contributed by atoms with van der Waals surface area (Å²) >= 11 is 3.32. The molecule has 0 radical (unpaired) electrons. The molecule has 0 saturated carbocycles. The van der Waals surface area contributed by atoms with Crippen molar-refractivity contribution in [1.29, 1.82) is 5.41 Å². The van der Waals surface area contributed by atoms with Crippen LogP contribution in [0.4, 0.5) is 5.69 Å². The summed E-state index contributed by atoms with van der Waals surface area (Å²) in [4.78, 5) is 2.45. The molecule has 68 valence electrons. The highest BCUT2D eigenvalue weighted by atomic mass is 32.2. The predicted molar refractivity (Wildman–Crippen MR) is 60.0 cm³/mol. The van der Waals surface area contributed by atoms with Crippen LogP contribution in [0.15, 0.2) is 28.0 Å². The average Bonchev–Trinajstić information content (AvgIpc) is 2.49. The Balaban J connectivity index is 2.25. The van der Waals surface area contributed by atoms with E-state index in [1.165, 1.54) is 22.3 Å². The van der Waals surface area contributed by atoms with E-state index in [9.17, 15) is 0 Å². The molecule has 0 unspecified atom stereocenters. The first kappa shape index (κ1) is 8.97. The van der Waals surface area contributed by atoms with Crippen LogP contribution in [0.2, 0.25) is 0 Å². The molecule has 1 aliphatic heterocycles. The topological polar surface area (TPSA) is 35.9 Å². The summed E-state index contributed by atoms with van der Waals surface area (Å²) < 4.78 is 0. The Labute approximate surface area is 86.0 Å². The molecule has 1 aliphatic rings. The second-order valence-electron chi connectivity index (χ2n) is 2.78. The molecule has 2 N–H and O–H groups in total. The molecule has 1 heterocycles. The number of fused-ring (bicyclic) bond motifs is 1. The van der Waals surface area contributed by atoms with Crippen molar-refractivity contribution in [3.05, 3.63) is 18.2 Å². The second-order valence-corrected chi connectivity index (χ2v) is 5.09. The highest BCUT2D eigenvalue weighted by Crippen LogP contribution is 2.36. The van der Waals surface area contributed by atoms with Crippen molar-refractivity contribution in [3.63, 3.8) is 0 Å². The average molecular weight is 210 g/mol. The van der Waals surface area contributed by atoms with Gasteiger partial charge >= 0.3 is 0 Å². The number of hydrogen-bond acceptors (Lipinski definition) is 4. The lowest BCUT2D eigenvalue weighted by Crippen LogP contribution is -1.87. The van der Waals surface area contributed by atoms with Gasteiger partial charge in [0.2, 0.25) is 0 Å². The summed E-state index contributed by atoms with van der Waals surface area (Å²) in [6.45, 7) is 1.81. The zero-order chi connectivity index (χ0) is 9.26. The smallest absolute Gasteiger partial charge is 0.0658 e. The molecule has 0 fully saturated rings. The highest BCUT2D eigenvalue weighted by molar-refractivity contribution is 8.13. The van der Waals surface area contributed by atoms with Gasteiger partial charge in [-0.25, -0.2) is 0 Å². The molecule has 0 amide bonds. The summed E-state index contributed by atoms with van der Waals surface area (Å²) in [5.74, 6) is 0.965. The van der Waals surface area contributed by atoms with E-state index < -0.39 is 0 Å². The van der Waals surface area contributed by atoms with Gasteiger partial charge in [-0.05, 0) is 25.1 Å². The highest BCUT2D eigenvalue weighted by Gasteiger charge is 2.10. The van der Waals surface area contributed by atoms with Crippen LogP contribution in [0.25, 0.3) is 0 Å². The quantitative estimate of drug-likeness (QED) is 0.424. The van der Waals surface area contributed by atoms with Gasteiger partial charge in [0.1, 0.15) is 0 Å². The van der Waals surface area contributed by atoms with Gasteiger partial charge in [-0.1, -0.05) is 11.8 Å². The van der Waals surface area contributed by atoms with Crippen molar-refractivity contribution in [2.24, 2.45) is 0 Å². The van der Waals surface area contributed by atoms with Crippen LogP contribution >= 0.6 is 23.5 Å². The lowest BCUT2D eigenvalue weighted by atomic mass is 10.3. The molecule has 0 aromatic heterocycles. The summed E-state index contributed by atoms with van der Waals surface area (Å²) in [6, 6.07) is 6.28. The van der Waals surface area contributed by atoms with Gasteiger partial charge in [0, 0.05) is 15.5 Å². The number of anilines is 1. The monoisotopic (exact) mass is 210 g/mol. The fraction of sp³-hybridized carbons (Fsp3) is 0.222. The van der Waals surface area contributed by atoms with E-state index in [1.807, 2.05) is 18.7 Å². The van der Waals surface area contributed by atoms with E-state index >= 15 is 0 Å². The van der Waals surface area contributed by atoms with Crippen LogP contribution in [0, 0.1) is 5.41 Å². The number of benzene rings is 1. The van der Waals surface area contributed by atoms with Crippen LogP contribution in [0.3, 0.4) is 0 Å². The molecular formula is C9H10N2S2. The summed E-state index contributed by atoms with van der Waals surface area (Å²) in [7, 11) is 0. The van der Waals surface area contributed by atoms with Gasteiger partial charge in [0.05, 0.1) is 10.9 Å². The maximum Gasteiger partial charge on any atom is 0.0658 e. The summed E-state index contributed by atoms with van der Waals surface area (Å²) in [5, 5.41) is 11.3. The molecule has 4 heteroatoms. The molecule has 0 saturated heterocycles. The first-order valence-corrected chi connectivity index (χ1v) is 5.79. The normalized spacial score (nSPS) is 13.6. The Kier molecular flexibility index (Phi) is 2.51. The van der Waals surface area contributed by atoms with Crippen LogP contribution in [0.5, 0.6) is 0 Å². The van der Waals surface area contributed by atoms with Gasteiger partial charge in [0.25, 0.3) is 0 Å². The zero-order valence-corrected chi connectivity index (χ0v) is 8.89. The first-order valence-electron chi connectivity index (χ1n) is 3.99.